The van der Waals surface area contributed by atoms with E-state index in [2.05, 4.69) is 15.9 Å². The molecule has 0 N–H and O–H groups in total. The van der Waals surface area contributed by atoms with Crippen LogP contribution in [0.1, 0.15) is 17.2 Å². The first kappa shape index (κ1) is 10.6. The lowest BCUT2D eigenvalue weighted by atomic mass is 9.98. The van der Waals surface area contributed by atoms with Crippen LogP contribution < -0.4 is 0 Å². The molecule has 1 aromatic carbocycles. The van der Waals surface area contributed by atoms with Gasteiger partial charge < -0.3 is 9.47 Å². The number of rotatable bonds is 1. The summed E-state index contributed by atoms with van der Waals surface area (Å²) in [6.07, 6.45) is 0.272. The van der Waals surface area contributed by atoms with Crippen molar-refractivity contribution in [3.63, 3.8) is 0 Å². The van der Waals surface area contributed by atoms with E-state index in [1.54, 1.807) is 0 Å². The molecule has 0 amide bonds. The molecule has 0 spiro atoms. The van der Waals surface area contributed by atoms with Crippen LogP contribution in [0.4, 0.5) is 0 Å². The summed E-state index contributed by atoms with van der Waals surface area (Å²) in [5.41, 5.74) is 2.06. The molecular weight excluding hydrogens is 260 g/mol. The molecule has 0 aromatic heterocycles. The van der Waals surface area contributed by atoms with Crippen molar-refractivity contribution in [2.75, 3.05) is 13.7 Å². The van der Waals surface area contributed by atoms with Gasteiger partial charge in [0.15, 0.2) is 6.10 Å². The van der Waals surface area contributed by atoms with E-state index in [-0.39, 0.29) is 5.97 Å². The lowest BCUT2D eigenvalue weighted by Crippen LogP contribution is -2.24. The van der Waals surface area contributed by atoms with Crippen molar-refractivity contribution >= 4 is 21.9 Å². The van der Waals surface area contributed by atoms with Crippen molar-refractivity contribution in [1.82, 2.24) is 0 Å². The Bertz CT molecular complexity index is 389. The molecule has 1 unspecified atom stereocenters. The molecule has 1 atom stereocenters. The largest absolute Gasteiger partial charge is 0.467 e. The fraction of sp³-hybridized carbons (Fsp3) is 0.364. The predicted octanol–water partition coefficient (Wildman–Crippen LogP) is 2.24. The van der Waals surface area contributed by atoms with Gasteiger partial charge in [-0.05, 0) is 29.7 Å². The fourth-order valence-electron chi connectivity index (χ4n) is 1.73. The molecule has 1 aromatic rings. The number of fused-ring (bicyclic) bond motifs is 1. The van der Waals surface area contributed by atoms with Crippen LogP contribution in [0.3, 0.4) is 0 Å². The number of hydrogen-bond acceptors (Lipinski definition) is 3. The average molecular weight is 271 g/mol. The van der Waals surface area contributed by atoms with E-state index < -0.39 is 6.10 Å². The van der Waals surface area contributed by atoms with Gasteiger partial charge in [0.1, 0.15) is 0 Å². The second-order valence-electron chi connectivity index (χ2n) is 3.37. The zero-order valence-electron chi connectivity index (χ0n) is 8.33. The number of benzene rings is 1. The van der Waals surface area contributed by atoms with Gasteiger partial charge in [-0.1, -0.05) is 22.0 Å². The maximum Gasteiger partial charge on any atom is 0.339 e. The van der Waals surface area contributed by atoms with E-state index in [1.165, 1.54) is 7.11 Å². The van der Waals surface area contributed by atoms with Crippen molar-refractivity contribution in [1.29, 1.82) is 0 Å². The molecule has 3 nitrogen and oxygen atoms in total. The van der Waals surface area contributed by atoms with E-state index in [0.717, 1.165) is 22.0 Å². The van der Waals surface area contributed by atoms with Gasteiger partial charge in [0, 0.05) is 4.47 Å². The topological polar surface area (TPSA) is 35.5 Å². The third kappa shape index (κ3) is 2.06. The molecule has 0 saturated carbocycles. The minimum Gasteiger partial charge on any atom is -0.467 e. The van der Waals surface area contributed by atoms with Gasteiger partial charge in [-0.15, -0.1) is 0 Å². The van der Waals surface area contributed by atoms with Gasteiger partial charge in [0.2, 0.25) is 0 Å². The van der Waals surface area contributed by atoms with Gasteiger partial charge in [0.05, 0.1) is 13.7 Å². The molecule has 1 aliphatic rings. The summed E-state index contributed by atoms with van der Waals surface area (Å²) in [5, 5.41) is 0. The molecule has 0 fully saturated rings. The summed E-state index contributed by atoms with van der Waals surface area (Å²) in [6, 6.07) is 5.83. The van der Waals surface area contributed by atoms with Gasteiger partial charge in [0.25, 0.3) is 0 Å². The summed E-state index contributed by atoms with van der Waals surface area (Å²) in [4.78, 5) is 11.5. The Hall–Kier alpha value is -0.870. The maximum atomic E-state index is 11.5. The van der Waals surface area contributed by atoms with Crippen molar-refractivity contribution in [3.8, 4) is 0 Å². The molecule has 15 heavy (non-hydrogen) atoms. The zero-order chi connectivity index (χ0) is 10.8. The summed E-state index contributed by atoms with van der Waals surface area (Å²) < 4.78 is 11.1. The second kappa shape index (κ2) is 4.33. The normalized spacial score (nSPS) is 19.5. The highest BCUT2D eigenvalue weighted by Gasteiger charge is 2.27. The van der Waals surface area contributed by atoms with Crippen LogP contribution in [0.2, 0.25) is 0 Å². The van der Waals surface area contributed by atoms with Gasteiger partial charge >= 0.3 is 5.97 Å². The van der Waals surface area contributed by atoms with E-state index in [9.17, 15) is 4.79 Å². The molecule has 4 heteroatoms. The minimum atomic E-state index is -0.563. The van der Waals surface area contributed by atoms with Crippen LogP contribution in [0.25, 0.3) is 0 Å². The molecule has 1 aliphatic heterocycles. The quantitative estimate of drug-likeness (QED) is 0.735. The molecule has 0 saturated heterocycles. The Morgan fingerprint density at radius 1 is 1.60 bits per heavy atom. The second-order valence-corrected chi connectivity index (χ2v) is 4.28. The molecule has 0 aliphatic carbocycles. The lowest BCUT2D eigenvalue weighted by Gasteiger charge is -2.24. The number of halogens is 1. The van der Waals surface area contributed by atoms with Crippen molar-refractivity contribution in [2.45, 2.75) is 12.5 Å². The summed E-state index contributed by atoms with van der Waals surface area (Å²) in [5.74, 6) is -0.335. The van der Waals surface area contributed by atoms with Crippen molar-refractivity contribution in [3.05, 3.63) is 33.8 Å². The standard InChI is InChI=1S/C11H11BrO3/c1-14-11(13)10-9-3-2-8(12)6-7(9)4-5-15-10/h2-3,6,10H,4-5H2,1H3. The first-order valence-electron chi connectivity index (χ1n) is 4.70. The van der Waals surface area contributed by atoms with Crippen LogP contribution in [0.5, 0.6) is 0 Å². The number of esters is 1. The van der Waals surface area contributed by atoms with Crippen molar-refractivity contribution < 1.29 is 14.3 Å². The molecule has 80 valence electrons. The maximum absolute atomic E-state index is 11.5. The Kier molecular flexibility index (Phi) is 3.07. The van der Waals surface area contributed by atoms with Crippen LogP contribution in [0.15, 0.2) is 22.7 Å². The summed E-state index contributed by atoms with van der Waals surface area (Å²) in [6.45, 7) is 0.559. The van der Waals surface area contributed by atoms with Crippen molar-refractivity contribution in [2.24, 2.45) is 0 Å². The Morgan fingerprint density at radius 2 is 2.40 bits per heavy atom. The van der Waals surface area contributed by atoms with E-state index >= 15 is 0 Å². The lowest BCUT2D eigenvalue weighted by molar-refractivity contribution is -0.155. The SMILES string of the molecule is COC(=O)C1OCCc2cc(Br)ccc21. The van der Waals surface area contributed by atoms with Crippen LogP contribution in [0, 0.1) is 0 Å². The van der Waals surface area contributed by atoms with Crippen LogP contribution in [-0.2, 0) is 20.7 Å². The third-order valence-corrected chi connectivity index (χ3v) is 2.95. The summed E-state index contributed by atoms with van der Waals surface area (Å²) in [7, 11) is 1.37. The molecule has 2 rings (SSSR count). The first-order chi connectivity index (χ1) is 7.22. The minimum absolute atomic E-state index is 0.335. The number of hydrogen-bond donors (Lipinski definition) is 0. The third-order valence-electron chi connectivity index (χ3n) is 2.46. The highest BCUT2D eigenvalue weighted by atomic mass is 79.9. The molecular formula is C11H11BrO3. The van der Waals surface area contributed by atoms with Gasteiger partial charge in [-0.2, -0.15) is 0 Å². The Morgan fingerprint density at radius 3 is 3.13 bits per heavy atom. The van der Waals surface area contributed by atoms with Gasteiger partial charge in [-0.3, -0.25) is 0 Å². The molecule has 1 heterocycles. The highest BCUT2D eigenvalue weighted by Crippen LogP contribution is 2.29. The molecule has 0 radical (unpaired) electrons. The van der Waals surface area contributed by atoms with E-state index in [4.69, 9.17) is 9.47 Å². The number of carbonyl (C=O) groups is 1. The average Bonchev–Trinajstić information content (AvgIpc) is 2.26. The fourth-order valence-corrected chi connectivity index (χ4v) is 2.13. The number of ether oxygens (including phenoxy) is 2. The number of carbonyl (C=O) groups excluding carboxylic acids is 1. The highest BCUT2D eigenvalue weighted by molar-refractivity contribution is 9.10. The zero-order valence-corrected chi connectivity index (χ0v) is 9.91. The van der Waals surface area contributed by atoms with E-state index in [1.807, 2.05) is 18.2 Å². The monoisotopic (exact) mass is 270 g/mol. The molecule has 0 bridgehead atoms. The summed E-state index contributed by atoms with van der Waals surface area (Å²) >= 11 is 3.41. The van der Waals surface area contributed by atoms with Gasteiger partial charge in [-0.25, -0.2) is 4.79 Å². The predicted molar refractivity (Wildman–Crippen MR) is 58.6 cm³/mol. The smallest absolute Gasteiger partial charge is 0.339 e. The van der Waals surface area contributed by atoms with Crippen LogP contribution >= 0.6 is 15.9 Å². The van der Waals surface area contributed by atoms with E-state index in [0.29, 0.717) is 6.61 Å². The Labute approximate surface area is 96.5 Å². The Balaban J connectivity index is 2.38. The number of methoxy groups -OCH3 is 1. The first-order valence-corrected chi connectivity index (χ1v) is 5.49. The van der Waals surface area contributed by atoms with Crippen LogP contribution in [-0.4, -0.2) is 19.7 Å².